The van der Waals surface area contributed by atoms with Gasteiger partial charge >= 0.3 is 0 Å². The number of aromatic hydroxyl groups is 1. The summed E-state index contributed by atoms with van der Waals surface area (Å²) in [4.78, 5) is 4.66. The summed E-state index contributed by atoms with van der Waals surface area (Å²) >= 11 is 5.87. The first-order valence-corrected chi connectivity index (χ1v) is 4.86. The second kappa shape index (κ2) is 3.42. The highest BCUT2D eigenvalue weighted by Crippen LogP contribution is 2.51. The smallest absolute Gasteiger partial charge is 0.119 e. The van der Waals surface area contributed by atoms with Gasteiger partial charge in [-0.05, 0) is 31.0 Å². The summed E-state index contributed by atoms with van der Waals surface area (Å²) in [5, 5.41) is 10.3. The van der Waals surface area contributed by atoms with Gasteiger partial charge in [0.25, 0.3) is 0 Å². The van der Waals surface area contributed by atoms with Crippen molar-refractivity contribution in [3.05, 3.63) is 28.8 Å². The molecule has 0 atom stereocenters. The number of halogens is 1. The second-order valence-electron chi connectivity index (χ2n) is 3.75. The molecule has 4 heteroatoms. The van der Waals surface area contributed by atoms with Crippen LogP contribution in [0, 0.1) is 0 Å². The van der Waals surface area contributed by atoms with Gasteiger partial charge in [-0.1, -0.05) is 11.6 Å². The highest BCUT2D eigenvalue weighted by atomic mass is 35.5. The summed E-state index contributed by atoms with van der Waals surface area (Å²) < 4.78 is 0. The zero-order valence-corrected chi connectivity index (χ0v) is 8.42. The third-order valence-corrected chi connectivity index (χ3v) is 2.98. The van der Waals surface area contributed by atoms with E-state index in [1.165, 1.54) is 0 Å². The zero-order chi connectivity index (χ0) is 10.2. The van der Waals surface area contributed by atoms with Crippen LogP contribution in [0.2, 0.25) is 5.02 Å². The number of benzene rings is 1. The van der Waals surface area contributed by atoms with E-state index < -0.39 is 0 Å². The van der Waals surface area contributed by atoms with Gasteiger partial charge in [0.05, 0.1) is 6.61 Å². The molecule has 0 unspecified atom stereocenters. The van der Waals surface area contributed by atoms with Gasteiger partial charge in [-0.2, -0.15) is 0 Å². The topological polar surface area (TPSA) is 55.5 Å². The van der Waals surface area contributed by atoms with Crippen LogP contribution in [0.1, 0.15) is 18.4 Å². The summed E-state index contributed by atoms with van der Waals surface area (Å²) in [5.74, 6) is 5.33. The molecule has 0 saturated heterocycles. The van der Waals surface area contributed by atoms with E-state index in [2.05, 4.69) is 4.84 Å². The van der Waals surface area contributed by atoms with Crippen LogP contribution in [0.3, 0.4) is 0 Å². The highest BCUT2D eigenvalue weighted by Gasteiger charge is 2.46. The number of phenolic OH excluding ortho intramolecular Hbond substituents is 1. The lowest BCUT2D eigenvalue weighted by Crippen LogP contribution is -2.18. The van der Waals surface area contributed by atoms with E-state index in [9.17, 15) is 5.11 Å². The molecule has 0 bridgehead atoms. The maximum atomic E-state index is 9.68. The second-order valence-corrected chi connectivity index (χ2v) is 4.19. The molecule has 1 aliphatic rings. The van der Waals surface area contributed by atoms with Crippen LogP contribution in [0.15, 0.2) is 18.2 Å². The number of rotatable bonds is 3. The lowest BCUT2D eigenvalue weighted by atomic mass is 9.96. The zero-order valence-electron chi connectivity index (χ0n) is 7.66. The maximum absolute atomic E-state index is 9.68. The van der Waals surface area contributed by atoms with E-state index in [-0.39, 0.29) is 11.2 Å². The number of nitrogens with two attached hydrogens (primary N) is 1. The highest BCUT2D eigenvalue weighted by molar-refractivity contribution is 6.30. The van der Waals surface area contributed by atoms with Gasteiger partial charge in [-0.25, -0.2) is 5.90 Å². The molecular weight excluding hydrogens is 202 g/mol. The van der Waals surface area contributed by atoms with Gasteiger partial charge in [0, 0.05) is 16.0 Å². The van der Waals surface area contributed by atoms with Crippen molar-refractivity contribution >= 4 is 11.6 Å². The molecule has 0 aliphatic heterocycles. The average Bonchev–Trinajstić information content (AvgIpc) is 2.91. The van der Waals surface area contributed by atoms with E-state index in [0.29, 0.717) is 11.6 Å². The molecule has 1 aromatic carbocycles. The van der Waals surface area contributed by atoms with E-state index in [4.69, 9.17) is 17.5 Å². The molecule has 2 rings (SSSR count). The van der Waals surface area contributed by atoms with Gasteiger partial charge in [0.1, 0.15) is 5.75 Å². The van der Waals surface area contributed by atoms with Gasteiger partial charge in [0.15, 0.2) is 0 Å². The van der Waals surface area contributed by atoms with Crippen molar-refractivity contribution in [1.82, 2.24) is 0 Å². The predicted octanol–water partition coefficient (Wildman–Crippen LogP) is 1.97. The minimum atomic E-state index is -0.107. The van der Waals surface area contributed by atoms with Crippen LogP contribution in [-0.2, 0) is 10.3 Å². The minimum absolute atomic E-state index is 0.107. The molecule has 0 spiro atoms. The number of phenols is 1. The summed E-state index contributed by atoms with van der Waals surface area (Å²) in [6.45, 7) is 0.431. The van der Waals surface area contributed by atoms with Crippen molar-refractivity contribution in [2.45, 2.75) is 18.3 Å². The molecule has 3 N–H and O–H groups in total. The Balaban J connectivity index is 2.35. The Kier molecular flexibility index (Phi) is 2.39. The first-order valence-electron chi connectivity index (χ1n) is 4.49. The third-order valence-electron chi connectivity index (χ3n) is 2.74. The van der Waals surface area contributed by atoms with Crippen LogP contribution >= 0.6 is 11.6 Å². The monoisotopic (exact) mass is 213 g/mol. The molecule has 1 fully saturated rings. The first-order chi connectivity index (χ1) is 6.68. The first kappa shape index (κ1) is 9.77. The Morgan fingerprint density at radius 1 is 1.50 bits per heavy atom. The third kappa shape index (κ3) is 1.59. The van der Waals surface area contributed by atoms with Gasteiger partial charge in [0.2, 0.25) is 0 Å². The van der Waals surface area contributed by atoms with Crippen molar-refractivity contribution in [2.24, 2.45) is 5.90 Å². The van der Waals surface area contributed by atoms with Gasteiger partial charge in [-0.15, -0.1) is 0 Å². The summed E-state index contributed by atoms with van der Waals surface area (Å²) in [6.07, 6.45) is 1.97. The number of hydrogen-bond acceptors (Lipinski definition) is 3. The fraction of sp³-hybridized carbons (Fsp3) is 0.400. The molecule has 0 radical (unpaired) electrons. The summed E-state index contributed by atoms with van der Waals surface area (Å²) in [5.41, 5.74) is 0.736. The molecule has 14 heavy (non-hydrogen) atoms. The molecule has 1 aromatic rings. The largest absolute Gasteiger partial charge is 0.508 e. The van der Waals surface area contributed by atoms with Crippen LogP contribution in [0.25, 0.3) is 0 Å². The van der Waals surface area contributed by atoms with Crippen molar-refractivity contribution in [1.29, 1.82) is 0 Å². The van der Waals surface area contributed by atoms with Crippen LogP contribution in [0.5, 0.6) is 5.75 Å². The lowest BCUT2D eigenvalue weighted by molar-refractivity contribution is 0.115. The Labute approximate surface area is 87.4 Å². The molecule has 3 nitrogen and oxygen atoms in total. The van der Waals surface area contributed by atoms with Crippen molar-refractivity contribution in [3.63, 3.8) is 0 Å². The van der Waals surface area contributed by atoms with Crippen molar-refractivity contribution in [2.75, 3.05) is 6.61 Å². The Morgan fingerprint density at radius 3 is 2.79 bits per heavy atom. The van der Waals surface area contributed by atoms with Crippen molar-refractivity contribution in [3.8, 4) is 5.75 Å². The lowest BCUT2D eigenvalue weighted by Gasteiger charge is -2.15. The predicted molar refractivity (Wildman–Crippen MR) is 54.2 cm³/mol. The molecule has 1 saturated carbocycles. The Bertz CT molecular complexity index is 350. The molecule has 0 amide bonds. The molecule has 0 heterocycles. The van der Waals surface area contributed by atoms with E-state index >= 15 is 0 Å². The number of hydrogen-bond donors (Lipinski definition) is 2. The Morgan fingerprint density at radius 2 is 2.21 bits per heavy atom. The van der Waals surface area contributed by atoms with Gasteiger partial charge in [-0.3, -0.25) is 0 Å². The summed E-state index contributed by atoms with van der Waals surface area (Å²) in [6, 6.07) is 5.05. The standard InChI is InChI=1S/C10H12ClNO2/c11-7-1-2-9(13)8(5-7)10(3-4-10)6-14-12/h1-2,5,13H,3-4,6,12H2. The molecule has 76 valence electrons. The molecule has 1 aliphatic carbocycles. The maximum Gasteiger partial charge on any atom is 0.119 e. The fourth-order valence-corrected chi connectivity index (χ4v) is 1.91. The van der Waals surface area contributed by atoms with E-state index in [1.54, 1.807) is 18.2 Å². The average molecular weight is 214 g/mol. The van der Waals surface area contributed by atoms with E-state index in [1.807, 2.05) is 0 Å². The molecular formula is C10H12ClNO2. The quantitative estimate of drug-likeness (QED) is 0.755. The fourth-order valence-electron chi connectivity index (χ4n) is 1.73. The minimum Gasteiger partial charge on any atom is -0.508 e. The summed E-state index contributed by atoms with van der Waals surface area (Å²) in [7, 11) is 0. The Hall–Kier alpha value is -0.770. The van der Waals surface area contributed by atoms with Crippen LogP contribution < -0.4 is 5.90 Å². The van der Waals surface area contributed by atoms with Crippen LogP contribution in [-0.4, -0.2) is 11.7 Å². The van der Waals surface area contributed by atoms with Crippen LogP contribution in [0.4, 0.5) is 0 Å². The normalized spacial score (nSPS) is 18.1. The van der Waals surface area contributed by atoms with E-state index in [0.717, 1.165) is 18.4 Å². The van der Waals surface area contributed by atoms with Gasteiger partial charge < -0.3 is 9.94 Å². The molecule has 0 aromatic heterocycles. The SMILES string of the molecule is NOCC1(c2cc(Cl)ccc2O)CC1. The van der Waals surface area contributed by atoms with Crippen molar-refractivity contribution < 1.29 is 9.94 Å².